The SMILES string of the molecule is C[C@H](O)[C@@H](O)C(=O)N1CCCCC1. The Kier molecular flexibility index (Phi) is 3.69. The van der Waals surface area contributed by atoms with Gasteiger partial charge in [0.2, 0.25) is 0 Å². The average Bonchev–Trinajstić information content (AvgIpc) is 2.17. The highest BCUT2D eigenvalue weighted by Gasteiger charge is 2.26. The minimum absolute atomic E-state index is 0.338. The topological polar surface area (TPSA) is 60.8 Å². The highest BCUT2D eigenvalue weighted by atomic mass is 16.3. The Morgan fingerprint density at radius 3 is 2.23 bits per heavy atom. The van der Waals surface area contributed by atoms with Crippen LogP contribution in [0.4, 0.5) is 0 Å². The van der Waals surface area contributed by atoms with Gasteiger partial charge in [-0.25, -0.2) is 0 Å². The van der Waals surface area contributed by atoms with E-state index in [2.05, 4.69) is 0 Å². The number of piperidine rings is 1. The zero-order valence-electron chi connectivity index (χ0n) is 7.94. The number of aliphatic hydroxyl groups is 2. The third kappa shape index (κ3) is 2.67. The van der Waals surface area contributed by atoms with Gasteiger partial charge in [0.25, 0.3) is 5.91 Å². The van der Waals surface area contributed by atoms with E-state index in [9.17, 15) is 9.90 Å². The molecule has 1 fully saturated rings. The van der Waals surface area contributed by atoms with Crippen molar-refractivity contribution in [1.29, 1.82) is 0 Å². The number of amides is 1. The molecule has 1 amide bonds. The summed E-state index contributed by atoms with van der Waals surface area (Å²) in [5.74, 6) is -0.338. The number of hydrogen-bond donors (Lipinski definition) is 2. The number of hydrogen-bond acceptors (Lipinski definition) is 3. The number of likely N-dealkylation sites (tertiary alicyclic amines) is 1. The monoisotopic (exact) mass is 187 g/mol. The number of rotatable bonds is 2. The molecule has 1 saturated heterocycles. The van der Waals surface area contributed by atoms with E-state index in [4.69, 9.17) is 5.11 Å². The van der Waals surface area contributed by atoms with Crippen molar-refractivity contribution in [2.24, 2.45) is 0 Å². The van der Waals surface area contributed by atoms with Crippen LogP contribution in [-0.4, -0.2) is 46.3 Å². The highest BCUT2D eigenvalue weighted by molar-refractivity contribution is 5.81. The minimum atomic E-state index is -1.25. The summed E-state index contributed by atoms with van der Waals surface area (Å²) in [6.07, 6.45) is 0.915. The summed E-state index contributed by atoms with van der Waals surface area (Å²) in [5.41, 5.74) is 0. The van der Waals surface area contributed by atoms with Crippen molar-refractivity contribution in [3.63, 3.8) is 0 Å². The van der Waals surface area contributed by atoms with Crippen LogP contribution in [0.25, 0.3) is 0 Å². The molecule has 0 aromatic carbocycles. The fourth-order valence-corrected chi connectivity index (χ4v) is 1.51. The Morgan fingerprint density at radius 1 is 1.23 bits per heavy atom. The lowest BCUT2D eigenvalue weighted by molar-refractivity contribution is -0.146. The molecule has 0 aliphatic carbocycles. The van der Waals surface area contributed by atoms with Crippen molar-refractivity contribution in [2.75, 3.05) is 13.1 Å². The lowest BCUT2D eigenvalue weighted by atomic mass is 10.1. The van der Waals surface area contributed by atoms with Gasteiger partial charge in [0.05, 0.1) is 6.10 Å². The first kappa shape index (κ1) is 10.5. The molecule has 1 aliphatic heterocycles. The van der Waals surface area contributed by atoms with Gasteiger partial charge < -0.3 is 15.1 Å². The Labute approximate surface area is 78.2 Å². The predicted molar refractivity (Wildman–Crippen MR) is 48.1 cm³/mol. The summed E-state index contributed by atoms with van der Waals surface area (Å²) in [6, 6.07) is 0. The minimum Gasteiger partial charge on any atom is -0.390 e. The summed E-state index contributed by atoms with van der Waals surface area (Å²) in [6.45, 7) is 2.84. The lowest BCUT2D eigenvalue weighted by Gasteiger charge is -2.29. The van der Waals surface area contributed by atoms with E-state index in [0.29, 0.717) is 13.1 Å². The van der Waals surface area contributed by atoms with Gasteiger partial charge in [0.15, 0.2) is 6.10 Å². The van der Waals surface area contributed by atoms with E-state index in [1.807, 2.05) is 0 Å². The number of aliphatic hydroxyl groups excluding tert-OH is 2. The first-order valence-electron chi connectivity index (χ1n) is 4.78. The van der Waals surface area contributed by atoms with Crippen LogP contribution in [0.1, 0.15) is 26.2 Å². The fourth-order valence-electron chi connectivity index (χ4n) is 1.51. The molecule has 0 unspecified atom stereocenters. The van der Waals surface area contributed by atoms with Gasteiger partial charge >= 0.3 is 0 Å². The van der Waals surface area contributed by atoms with Crippen LogP contribution in [0.15, 0.2) is 0 Å². The second-order valence-electron chi connectivity index (χ2n) is 3.57. The molecule has 0 spiro atoms. The average molecular weight is 187 g/mol. The molecule has 0 aromatic heterocycles. The van der Waals surface area contributed by atoms with Crippen LogP contribution in [0, 0.1) is 0 Å². The smallest absolute Gasteiger partial charge is 0.254 e. The normalized spacial score (nSPS) is 22.5. The van der Waals surface area contributed by atoms with Crippen molar-refractivity contribution < 1.29 is 15.0 Å². The van der Waals surface area contributed by atoms with E-state index in [1.165, 1.54) is 6.92 Å². The second-order valence-corrected chi connectivity index (χ2v) is 3.57. The molecule has 2 atom stereocenters. The van der Waals surface area contributed by atoms with E-state index in [1.54, 1.807) is 4.90 Å². The van der Waals surface area contributed by atoms with Crippen molar-refractivity contribution in [2.45, 2.75) is 38.4 Å². The van der Waals surface area contributed by atoms with E-state index >= 15 is 0 Å². The molecule has 1 aliphatic rings. The maximum atomic E-state index is 11.5. The zero-order chi connectivity index (χ0) is 9.84. The van der Waals surface area contributed by atoms with Crippen LogP contribution in [-0.2, 0) is 4.79 Å². The largest absolute Gasteiger partial charge is 0.390 e. The van der Waals surface area contributed by atoms with E-state index in [-0.39, 0.29) is 5.91 Å². The molecule has 0 bridgehead atoms. The molecule has 0 aromatic rings. The van der Waals surface area contributed by atoms with Crippen LogP contribution < -0.4 is 0 Å². The molecule has 0 saturated carbocycles. The summed E-state index contributed by atoms with van der Waals surface area (Å²) < 4.78 is 0. The quantitative estimate of drug-likeness (QED) is 0.626. The second kappa shape index (κ2) is 4.58. The van der Waals surface area contributed by atoms with Crippen molar-refractivity contribution >= 4 is 5.91 Å². The Bertz CT molecular complexity index is 176. The molecule has 76 valence electrons. The highest BCUT2D eigenvalue weighted by Crippen LogP contribution is 2.10. The van der Waals surface area contributed by atoms with Crippen LogP contribution >= 0.6 is 0 Å². The van der Waals surface area contributed by atoms with Gasteiger partial charge in [-0.3, -0.25) is 4.79 Å². The van der Waals surface area contributed by atoms with Gasteiger partial charge in [-0.05, 0) is 26.2 Å². The van der Waals surface area contributed by atoms with Crippen molar-refractivity contribution in [3.8, 4) is 0 Å². The lowest BCUT2D eigenvalue weighted by Crippen LogP contribution is -2.46. The van der Waals surface area contributed by atoms with Crippen LogP contribution in [0.5, 0.6) is 0 Å². The fraction of sp³-hybridized carbons (Fsp3) is 0.889. The molecular formula is C9H17NO3. The predicted octanol–water partition coefficient (Wildman–Crippen LogP) is -0.259. The Morgan fingerprint density at radius 2 is 1.77 bits per heavy atom. The Hall–Kier alpha value is -0.610. The molecule has 1 rings (SSSR count). The first-order chi connectivity index (χ1) is 6.13. The maximum absolute atomic E-state index is 11.5. The Balaban J connectivity index is 2.45. The zero-order valence-corrected chi connectivity index (χ0v) is 7.94. The molecule has 2 N–H and O–H groups in total. The van der Waals surface area contributed by atoms with E-state index < -0.39 is 12.2 Å². The number of carbonyl (C=O) groups excluding carboxylic acids is 1. The van der Waals surface area contributed by atoms with Gasteiger partial charge in [0.1, 0.15) is 0 Å². The number of nitrogens with zero attached hydrogens (tertiary/aromatic N) is 1. The maximum Gasteiger partial charge on any atom is 0.254 e. The van der Waals surface area contributed by atoms with Gasteiger partial charge in [0, 0.05) is 13.1 Å². The molecule has 13 heavy (non-hydrogen) atoms. The summed E-state index contributed by atoms with van der Waals surface area (Å²) in [7, 11) is 0. The number of carbonyl (C=O) groups is 1. The van der Waals surface area contributed by atoms with Gasteiger partial charge in [-0.1, -0.05) is 0 Å². The summed E-state index contributed by atoms with van der Waals surface area (Å²) in [4.78, 5) is 13.1. The van der Waals surface area contributed by atoms with Crippen LogP contribution in [0.2, 0.25) is 0 Å². The van der Waals surface area contributed by atoms with Gasteiger partial charge in [-0.2, -0.15) is 0 Å². The third-order valence-corrected chi connectivity index (χ3v) is 2.38. The van der Waals surface area contributed by atoms with Crippen LogP contribution in [0.3, 0.4) is 0 Å². The first-order valence-corrected chi connectivity index (χ1v) is 4.78. The summed E-state index contributed by atoms with van der Waals surface area (Å²) >= 11 is 0. The summed E-state index contributed by atoms with van der Waals surface area (Å²) in [5, 5.41) is 18.3. The van der Waals surface area contributed by atoms with Crippen molar-refractivity contribution in [1.82, 2.24) is 4.90 Å². The molecular weight excluding hydrogens is 170 g/mol. The molecule has 0 radical (unpaired) electrons. The molecule has 1 heterocycles. The molecule has 4 heteroatoms. The van der Waals surface area contributed by atoms with Crippen molar-refractivity contribution in [3.05, 3.63) is 0 Å². The van der Waals surface area contributed by atoms with Gasteiger partial charge in [-0.15, -0.1) is 0 Å². The standard InChI is InChI=1S/C9H17NO3/c1-7(11)8(12)9(13)10-5-3-2-4-6-10/h7-8,11-12H,2-6H2,1H3/t7-,8+/m0/s1. The third-order valence-electron chi connectivity index (χ3n) is 2.38. The van der Waals surface area contributed by atoms with E-state index in [0.717, 1.165) is 19.3 Å². The molecule has 4 nitrogen and oxygen atoms in total.